The third kappa shape index (κ3) is 9.26. The summed E-state index contributed by atoms with van der Waals surface area (Å²) in [6.45, 7) is 5.34. The Bertz CT molecular complexity index is 301. The van der Waals surface area contributed by atoms with Gasteiger partial charge in [0.2, 0.25) is 5.91 Å². The average Bonchev–Trinajstić information content (AvgIpc) is 2.10. The quantitative estimate of drug-likeness (QED) is 0.512. The van der Waals surface area contributed by atoms with Gasteiger partial charge in [-0.25, -0.2) is 0 Å². The van der Waals surface area contributed by atoms with Crippen molar-refractivity contribution in [2.24, 2.45) is 0 Å². The molecule has 0 rings (SSSR count). The number of nitrogens with one attached hydrogen (secondary N) is 1. The summed E-state index contributed by atoms with van der Waals surface area (Å²) in [6.07, 6.45) is -0.188. The standard InChI is InChI=1S/C10H15NO4S/c1-7(6-10(14)15)5-9(13)11-3-4-16-8(2)12/h1,3-6H2,2H3,(H,11,13)(H,14,15). The van der Waals surface area contributed by atoms with Crippen LogP contribution in [0.2, 0.25) is 0 Å². The van der Waals surface area contributed by atoms with Crippen molar-refractivity contribution in [3.63, 3.8) is 0 Å². The zero-order chi connectivity index (χ0) is 12.6. The van der Waals surface area contributed by atoms with Crippen LogP contribution in [-0.4, -0.2) is 34.4 Å². The summed E-state index contributed by atoms with van der Waals surface area (Å²) in [6, 6.07) is 0. The summed E-state index contributed by atoms with van der Waals surface area (Å²) in [5.41, 5.74) is 0.365. The van der Waals surface area contributed by atoms with E-state index in [1.807, 2.05) is 0 Å². The van der Waals surface area contributed by atoms with Crippen molar-refractivity contribution in [1.82, 2.24) is 5.32 Å². The Balaban J connectivity index is 3.62. The van der Waals surface area contributed by atoms with Gasteiger partial charge in [0.05, 0.1) is 6.42 Å². The number of carbonyl (C=O) groups is 3. The van der Waals surface area contributed by atoms with Crippen molar-refractivity contribution in [2.45, 2.75) is 19.8 Å². The number of rotatable bonds is 7. The zero-order valence-corrected chi connectivity index (χ0v) is 9.93. The maximum Gasteiger partial charge on any atom is 0.307 e. The molecule has 0 aromatic carbocycles. The molecule has 0 saturated carbocycles. The van der Waals surface area contributed by atoms with Gasteiger partial charge >= 0.3 is 5.97 Å². The molecular weight excluding hydrogens is 230 g/mol. The Morgan fingerprint density at radius 2 is 1.94 bits per heavy atom. The molecule has 0 spiro atoms. The minimum Gasteiger partial charge on any atom is -0.481 e. The molecule has 2 N–H and O–H groups in total. The molecule has 6 heteroatoms. The second-order valence-electron chi connectivity index (χ2n) is 3.19. The van der Waals surface area contributed by atoms with Gasteiger partial charge in [0.1, 0.15) is 0 Å². The van der Waals surface area contributed by atoms with Gasteiger partial charge in [-0.1, -0.05) is 23.9 Å². The van der Waals surface area contributed by atoms with E-state index in [1.54, 1.807) is 0 Å². The molecule has 1 amide bonds. The second-order valence-corrected chi connectivity index (χ2v) is 4.46. The van der Waals surface area contributed by atoms with E-state index in [9.17, 15) is 14.4 Å². The van der Waals surface area contributed by atoms with E-state index in [4.69, 9.17) is 5.11 Å². The van der Waals surface area contributed by atoms with E-state index in [2.05, 4.69) is 11.9 Å². The monoisotopic (exact) mass is 245 g/mol. The number of aliphatic carboxylic acids is 1. The molecule has 0 heterocycles. The molecule has 0 unspecified atom stereocenters. The maximum absolute atomic E-state index is 11.2. The fourth-order valence-electron chi connectivity index (χ4n) is 0.951. The molecule has 90 valence electrons. The Morgan fingerprint density at radius 1 is 1.31 bits per heavy atom. The predicted octanol–water partition coefficient (Wildman–Crippen LogP) is 0.803. The van der Waals surface area contributed by atoms with Crippen LogP contribution in [0.25, 0.3) is 0 Å². The molecule has 0 radical (unpaired) electrons. The Hall–Kier alpha value is -1.30. The van der Waals surface area contributed by atoms with Crippen LogP contribution in [0.3, 0.4) is 0 Å². The third-order valence-electron chi connectivity index (χ3n) is 1.54. The lowest BCUT2D eigenvalue weighted by atomic mass is 10.1. The highest BCUT2D eigenvalue weighted by molar-refractivity contribution is 8.13. The molecule has 16 heavy (non-hydrogen) atoms. The smallest absolute Gasteiger partial charge is 0.307 e. The first-order valence-corrected chi connectivity index (χ1v) is 5.69. The normalized spacial score (nSPS) is 9.56. The first kappa shape index (κ1) is 14.7. The molecular formula is C10H15NO4S. The molecule has 0 aliphatic heterocycles. The molecule has 5 nitrogen and oxygen atoms in total. The Kier molecular flexibility index (Phi) is 7.28. The SMILES string of the molecule is C=C(CC(=O)O)CC(=O)NCCSC(C)=O. The number of thioether (sulfide) groups is 1. The van der Waals surface area contributed by atoms with Crippen LogP contribution in [0, 0.1) is 0 Å². The number of hydrogen-bond acceptors (Lipinski definition) is 4. The van der Waals surface area contributed by atoms with Crippen LogP contribution in [0.15, 0.2) is 12.2 Å². The van der Waals surface area contributed by atoms with Crippen LogP contribution >= 0.6 is 11.8 Å². The highest BCUT2D eigenvalue weighted by Crippen LogP contribution is 2.03. The lowest BCUT2D eigenvalue weighted by molar-refractivity contribution is -0.136. The highest BCUT2D eigenvalue weighted by Gasteiger charge is 2.07. The van der Waals surface area contributed by atoms with E-state index in [0.29, 0.717) is 17.9 Å². The fraction of sp³-hybridized carbons (Fsp3) is 0.500. The van der Waals surface area contributed by atoms with Gasteiger partial charge in [-0.3, -0.25) is 14.4 Å². The molecule has 0 aromatic rings. The molecule has 0 bridgehead atoms. The number of amides is 1. The van der Waals surface area contributed by atoms with Crippen molar-refractivity contribution in [3.05, 3.63) is 12.2 Å². The number of carboxylic acids is 1. The lowest BCUT2D eigenvalue weighted by Crippen LogP contribution is -2.26. The Labute approximate surface area is 98.3 Å². The summed E-state index contributed by atoms with van der Waals surface area (Å²) in [5.74, 6) is -0.743. The van der Waals surface area contributed by atoms with E-state index < -0.39 is 5.97 Å². The van der Waals surface area contributed by atoms with Crippen molar-refractivity contribution in [1.29, 1.82) is 0 Å². The summed E-state index contributed by atoms with van der Waals surface area (Å²) in [5, 5.41) is 11.0. The predicted molar refractivity (Wildman–Crippen MR) is 62.2 cm³/mol. The minimum absolute atomic E-state index is 0.00420. The largest absolute Gasteiger partial charge is 0.481 e. The van der Waals surface area contributed by atoms with Crippen molar-refractivity contribution < 1.29 is 19.5 Å². The average molecular weight is 245 g/mol. The van der Waals surface area contributed by atoms with Gasteiger partial charge in [-0.2, -0.15) is 0 Å². The third-order valence-corrected chi connectivity index (χ3v) is 2.36. The van der Waals surface area contributed by atoms with Gasteiger partial charge < -0.3 is 10.4 Å². The van der Waals surface area contributed by atoms with E-state index >= 15 is 0 Å². The first-order valence-electron chi connectivity index (χ1n) is 4.70. The number of carboxylic acid groups (broad SMARTS) is 1. The first-order chi connectivity index (χ1) is 7.41. The summed E-state index contributed by atoms with van der Waals surface area (Å²) < 4.78 is 0. The molecule has 0 fully saturated rings. The van der Waals surface area contributed by atoms with E-state index in [1.165, 1.54) is 6.92 Å². The summed E-state index contributed by atoms with van der Waals surface area (Å²) >= 11 is 1.13. The van der Waals surface area contributed by atoms with E-state index in [0.717, 1.165) is 11.8 Å². The topological polar surface area (TPSA) is 83.5 Å². The molecule has 0 aliphatic rings. The van der Waals surface area contributed by atoms with Gasteiger partial charge in [0.25, 0.3) is 0 Å². The van der Waals surface area contributed by atoms with Crippen LogP contribution in [-0.2, 0) is 14.4 Å². The number of carbonyl (C=O) groups excluding carboxylic acids is 2. The molecule has 0 aliphatic carbocycles. The maximum atomic E-state index is 11.2. The van der Waals surface area contributed by atoms with Crippen molar-refractivity contribution in [2.75, 3.05) is 12.3 Å². The molecule has 0 atom stereocenters. The second kappa shape index (κ2) is 7.92. The van der Waals surface area contributed by atoms with Crippen LogP contribution in [0.5, 0.6) is 0 Å². The van der Waals surface area contributed by atoms with E-state index in [-0.39, 0.29) is 23.9 Å². The van der Waals surface area contributed by atoms with Gasteiger partial charge in [-0.05, 0) is 0 Å². The minimum atomic E-state index is -0.995. The van der Waals surface area contributed by atoms with Crippen LogP contribution in [0.1, 0.15) is 19.8 Å². The van der Waals surface area contributed by atoms with Crippen molar-refractivity contribution in [3.8, 4) is 0 Å². The Morgan fingerprint density at radius 3 is 2.44 bits per heavy atom. The van der Waals surface area contributed by atoms with Crippen molar-refractivity contribution >= 4 is 28.8 Å². The van der Waals surface area contributed by atoms with Gasteiger partial charge in [0.15, 0.2) is 5.12 Å². The summed E-state index contributed by atoms with van der Waals surface area (Å²) in [4.78, 5) is 32.1. The zero-order valence-electron chi connectivity index (χ0n) is 9.12. The van der Waals surface area contributed by atoms with Crippen LogP contribution < -0.4 is 5.32 Å². The van der Waals surface area contributed by atoms with Crippen LogP contribution in [0.4, 0.5) is 0 Å². The highest BCUT2D eigenvalue weighted by atomic mass is 32.2. The lowest BCUT2D eigenvalue weighted by Gasteiger charge is -2.04. The fourth-order valence-corrected chi connectivity index (χ4v) is 1.44. The molecule has 0 aromatic heterocycles. The number of hydrogen-bond donors (Lipinski definition) is 2. The van der Waals surface area contributed by atoms with Gasteiger partial charge in [0, 0.05) is 25.6 Å². The van der Waals surface area contributed by atoms with Gasteiger partial charge in [-0.15, -0.1) is 0 Å². The summed E-state index contributed by atoms with van der Waals surface area (Å²) in [7, 11) is 0. The molecule has 0 saturated heterocycles.